The molecule has 0 radical (unpaired) electrons. The van der Waals surface area contributed by atoms with Crippen molar-refractivity contribution in [2.75, 3.05) is 29.1 Å². The lowest BCUT2D eigenvalue weighted by Crippen LogP contribution is -2.23. The van der Waals surface area contributed by atoms with Crippen LogP contribution in [0.15, 0.2) is 60.8 Å². The van der Waals surface area contributed by atoms with Crippen molar-refractivity contribution in [2.45, 2.75) is 32.7 Å². The number of nitrogens with one attached hydrogen (secondary N) is 2. The van der Waals surface area contributed by atoms with Crippen LogP contribution in [0.2, 0.25) is 0 Å². The lowest BCUT2D eigenvalue weighted by molar-refractivity contribution is 0.102. The van der Waals surface area contributed by atoms with E-state index < -0.39 is 0 Å². The number of fused-ring (bicyclic) bond motifs is 2. The first kappa shape index (κ1) is 21.0. The molecule has 0 atom stereocenters. The molecule has 1 amide bonds. The van der Waals surface area contributed by atoms with Gasteiger partial charge in [-0.05, 0) is 55.5 Å². The summed E-state index contributed by atoms with van der Waals surface area (Å²) in [5.41, 5.74) is 5.79. The summed E-state index contributed by atoms with van der Waals surface area (Å²) < 4.78 is 1.90. The standard InChI is InChI=1S/C26H28N6O/c1-18-15-20-11-8-13-22(32(20)17-18)25(33)30-26-28-21-12-6-7-14-31(2)23(21)24(29-26)27-16-19-9-4-3-5-10-19/h3-5,8-11,13,15,17H,6-7,12,14,16H2,1-2H3,(H2,27,28,29,30,33). The molecule has 3 aromatic heterocycles. The van der Waals surface area contributed by atoms with Gasteiger partial charge in [-0.1, -0.05) is 36.4 Å². The number of amides is 1. The van der Waals surface area contributed by atoms with Crippen LogP contribution in [0.1, 0.15) is 40.2 Å². The van der Waals surface area contributed by atoms with Gasteiger partial charge in [0, 0.05) is 31.9 Å². The molecule has 7 heteroatoms. The van der Waals surface area contributed by atoms with Crippen molar-refractivity contribution in [3.63, 3.8) is 0 Å². The highest BCUT2D eigenvalue weighted by Gasteiger charge is 2.22. The number of hydrogen-bond donors (Lipinski definition) is 2. The summed E-state index contributed by atoms with van der Waals surface area (Å²) in [5, 5.41) is 6.43. The predicted molar refractivity (Wildman–Crippen MR) is 132 cm³/mol. The second-order valence-electron chi connectivity index (χ2n) is 8.59. The first-order valence-electron chi connectivity index (χ1n) is 11.4. The molecule has 168 valence electrons. The third-order valence-electron chi connectivity index (χ3n) is 6.02. The van der Waals surface area contributed by atoms with E-state index in [9.17, 15) is 4.79 Å². The number of pyridine rings is 1. The van der Waals surface area contributed by atoms with E-state index in [1.54, 1.807) is 0 Å². The Morgan fingerprint density at radius 2 is 1.91 bits per heavy atom. The van der Waals surface area contributed by atoms with Crippen LogP contribution in [0.3, 0.4) is 0 Å². The molecule has 1 aliphatic rings. The Balaban J connectivity index is 1.48. The largest absolute Gasteiger partial charge is 0.370 e. The number of carbonyl (C=O) groups excluding carboxylic acids is 1. The summed E-state index contributed by atoms with van der Waals surface area (Å²) in [6, 6.07) is 18.0. The molecule has 0 saturated heterocycles. The van der Waals surface area contributed by atoms with Gasteiger partial charge in [-0.3, -0.25) is 10.1 Å². The van der Waals surface area contributed by atoms with Gasteiger partial charge in [0.1, 0.15) is 11.4 Å². The number of anilines is 3. The van der Waals surface area contributed by atoms with Gasteiger partial charge >= 0.3 is 0 Å². The maximum Gasteiger partial charge on any atom is 0.274 e. The van der Waals surface area contributed by atoms with Gasteiger partial charge in [0.05, 0.1) is 5.69 Å². The molecule has 5 rings (SSSR count). The maximum atomic E-state index is 13.2. The molecule has 4 heterocycles. The lowest BCUT2D eigenvalue weighted by atomic mass is 10.2. The number of nitrogens with zero attached hydrogens (tertiary/aromatic N) is 4. The summed E-state index contributed by atoms with van der Waals surface area (Å²) in [7, 11) is 2.08. The molecule has 33 heavy (non-hydrogen) atoms. The molecule has 2 N–H and O–H groups in total. The fraction of sp³-hybridized carbons (Fsp3) is 0.269. The minimum Gasteiger partial charge on any atom is -0.370 e. The minimum absolute atomic E-state index is 0.230. The van der Waals surface area contributed by atoms with E-state index in [4.69, 9.17) is 9.97 Å². The van der Waals surface area contributed by atoms with Gasteiger partial charge in [-0.25, -0.2) is 4.98 Å². The number of aromatic nitrogens is 3. The maximum absolute atomic E-state index is 13.2. The van der Waals surface area contributed by atoms with E-state index in [1.165, 1.54) is 5.56 Å². The van der Waals surface area contributed by atoms with E-state index >= 15 is 0 Å². The topological polar surface area (TPSA) is 74.6 Å². The highest BCUT2D eigenvalue weighted by atomic mass is 16.2. The van der Waals surface area contributed by atoms with Crippen molar-refractivity contribution in [3.8, 4) is 0 Å². The van der Waals surface area contributed by atoms with E-state index in [2.05, 4.69) is 40.8 Å². The van der Waals surface area contributed by atoms with Gasteiger partial charge in [-0.2, -0.15) is 4.98 Å². The van der Waals surface area contributed by atoms with E-state index in [0.717, 1.165) is 54.1 Å². The van der Waals surface area contributed by atoms with Crippen molar-refractivity contribution < 1.29 is 4.79 Å². The van der Waals surface area contributed by atoms with Crippen molar-refractivity contribution in [1.82, 2.24) is 14.4 Å². The predicted octanol–water partition coefficient (Wildman–Crippen LogP) is 4.67. The average molecular weight is 441 g/mol. The van der Waals surface area contributed by atoms with E-state index in [1.807, 2.05) is 53.9 Å². The van der Waals surface area contributed by atoms with Crippen LogP contribution < -0.4 is 15.5 Å². The molecule has 0 fully saturated rings. The molecule has 0 aliphatic carbocycles. The van der Waals surface area contributed by atoms with Crippen LogP contribution in [0.5, 0.6) is 0 Å². The zero-order valence-electron chi connectivity index (χ0n) is 19.0. The summed E-state index contributed by atoms with van der Waals surface area (Å²) >= 11 is 0. The first-order valence-corrected chi connectivity index (χ1v) is 11.4. The Morgan fingerprint density at radius 1 is 1.06 bits per heavy atom. The third kappa shape index (κ3) is 4.39. The minimum atomic E-state index is -0.230. The first-order chi connectivity index (χ1) is 16.1. The molecule has 4 aromatic rings. The molecule has 0 spiro atoms. The Morgan fingerprint density at radius 3 is 2.76 bits per heavy atom. The number of carbonyl (C=O) groups is 1. The molecule has 0 unspecified atom stereocenters. The summed E-state index contributed by atoms with van der Waals surface area (Å²) in [4.78, 5) is 24.9. The Bertz CT molecular complexity index is 1300. The summed E-state index contributed by atoms with van der Waals surface area (Å²) in [6.07, 6.45) is 4.98. The second kappa shape index (κ2) is 8.94. The lowest BCUT2D eigenvalue weighted by Gasteiger charge is -2.23. The molecule has 7 nitrogen and oxygen atoms in total. The highest BCUT2D eigenvalue weighted by molar-refractivity contribution is 6.02. The van der Waals surface area contributed by atoms with Crippen molar-refractivity contribution in [1.29, 1.82) is 0 Å². The van der Waals surface area contributed by atoms with Gasteiger partial charge in [0.15, 0.2) is 5.82 Å². The summed E-state index contributed by atoms with van der Waals surface area (Å²) in [5.74, 6) is 0.844. The van der Waals surface area contributed by atoms with E-state index in [-0.39, 0.29) is 5.91 Å². The number of aryl methyl sites for hydroxylation is 2. The van der Waals surface area contributed by atoms with Crippen molar-refractivity contribution in [2.24, 2.45) is 0 Å². The normalized spacial score (nSPS) is 13.5. The van der Waals surface area contributed by atoms with Crippen molar-refractivity contribution in [3.05, 3.63) is 83.3 Å². The van der Waals surface area contributed by atoms with Gasteiger partial charge in [0.25, 0.3) is 5.91 Å². The van der Waals surface area contributed by atoms with Crippen LogP contribution in [-0.4, -0.2) is 33.9 Å². The Hall–Kier alpha value is -3.87. The van der Waals surface area contributed by atoms with Crippen molar-refractivity contribution >= 4 is 28.9 Å². The Kier molecular flexibility index (Phi) is 5.69. The van der Waals surface area contributed by atoms with Crippen LogP contribution in [-0.2, 0) is 13.0 Å². The van der Waals surface area contributed by atoms with Crippen LogP contribution in [0.4, 0.5) is 17.5 Å². The highest BCUT2D eigenvalue weighted by Crippen LogP contribution is 2.32. The smallest absolute Gasteiger partial charge is 0.274 e. The molecular formula is C26H28N6O. The Labute approximate surface area is 193 Å². The van der Waals surface area contributed by atoms with E-state index in [0.29, 0.717) is 18.2 Å². The zero-order chi connectivity index (χ0) is 22.8. The molecule has 1 aromatic carbocycles. The number of benzene rings is 1. The molecular weight excluding hydrogens is 412 g/mol. The number of rotatable bonds is 5. The third-order valence-corrected chi connectivity index (χ3v) is 6.02. The van der Waals surface area contributed by atoms with Crippen LogP contribution in [0, 0.1) is 6.92 Å². The van der Waals surface area contributed by atoms with Crippen LogP contribution in [0.25, 0.3) is 5.52 Å². The molecule has 1 aliphatic heterocycles. The summed E-state index contributed by atoms with van der Waals surface area (Å²) in [6.45, 7) is 3.62. The fourth-order valence-electron chi connectivity index (χ4n) is 4.41. The fourth-order valence-corrected chi connectivity index (χ4v) is 4.41. The second-order valence-corrected chi connectivity index (χ2v) is 8.59. The van der Waals surface area contributed by atoms with Gasteiger partial charge in [0.2, 0.25) is 5.95 Å². The zero-order valence-corrected chi connectivity index (χ0v) is 19.0. The van der Waals surface area contributed by atoms with Gasteiger partial charge < -0.3 is 14.6 Å². The number of hydrogen-bond acceptors (Lipinski definition) is 5. The monoisotopic (exact) mass is 440 g/mol. The quantitative estimate of drug-likeness (QED) is 0.472. The molecule has 0 saturated carbocycles. The SMILES string of the molecule is Cc1cc2cccc(C(=O)Nc3nc4c(c(NCc5ccccc5)n3)N(C)CCCC4)n2c1. The van der Waals surface area contributed by atoms with Gasteiger partial charge in [-0.15, -0.1) is 0 Å². The average Bonchev–Trinajstić information content (AvgIpc) is 3.10. The molecule has 0 bridgehead atoms. The van der Waals surface area contributed by atoms with Crippen LogP contribution >= 0.6 is 0 Å².